The Labute approximate surface area is 153 Å². The van der Waals surface area contributed by atoms with E-state index >= 15 is 0 Å². The molecule has 1 aliphatic rings. The second kappa shape index (κ2) is 8.06. The molecule has 1 amide bonds. The van der Waals surface area contributed by atoms with Crippen LogP contribution in [0.5, 0.6) is 0 Å². The highest BCUT2D eigenvalue weighted by Crippen LogP contribution is 2.41. The third-order valence-electron chi connectivity index (χ3n) is 4.45. The number of para-hydroxylation sites is 1. The predicted molar refractivity (Wildman–Crippen MR) is 101 cm³/mol. The summed E-state index contributed by atoms with van der Waals surface area (Å²) in [5.41, 5.74) is 4.30. The van der Waals surface area contributed by atoms with Crippen LogP contribution in [0.4, 0.5) is 0 Å². The quantitative estimate of drug-likeness (QED) is 0.710. The number of carbonyl (C=O) groups is 1. The minimum absolute atomic E-state index is 0.0478. The van der Waals surface area contributed by atoms with Crippen molar-refractivity contribution in [3.63, 3.8) is 0 Å². The third-order valence-corrected chi connectivity index (χ3v) is 5.67. The van der Waals surface area contributed by atoms with Gasteiger partial charge in [-0.3, -0.25) is 4.79 Å². The van der Waals surface area contributed by atoms with E-state index in [4.69, 9.17) is 9.84 Å². The SMILES string of the molecule is CCOCCCN1C(=O)CSC1c1c(C)nn(-c2ccccc2)c1C. The van der Waals surface area contributed by atoms with Crippen LogP contribution in [-0.4, -0.2) is 46.1 Å². The maximum atomic E-state index is 12.4. The first-order valence-corrected chi connectivity index (χ1v) is 9.78. The molecule has 0 bridgehead atoms. The van der Waals surface area contributed by atoms with Crippen molar-refractivity contribution >= 4 is 17.7 Å². The minimum Gasteiger partial charge on any atom is -0.382 e. The molecule has 1 aliphatic heterocycles. The molecule has 1 saturated heterocycles. The first-order valence-electron chi connectivity index (χ1n) is 8.73. The number of amides is 1. The van der Waals surface area contributed by atoms with Gasteiger partial charge in [-0.25, -0.2) is 4.68 Å². The van der Waals surface area contributed by atoms with E-state index in [2.05, 4.69) is 19.1 Å². The Bertz CT molecular complexity index is 730. The summed E-state index contributed by atoms with van der Waals surface area (Å²) in [4.78, 5) is 14.3. The van der Waals surface area contributed by atoms with E-state index in [1.165, 1.54) is 0 Å². The average molecular weight is 359 g/mol. The zero-order chi connectivity index (χ0) is 17.8. The van der Waals surface area contributed by atoms with Crippen molar-refractivity contribution in [1.29, 1.82) is 0 Å². The monoisotopic (exact) mass is 359 g/mol. The number of aromatic nitrogens is 2. The number of thioether (sulfide) groups is 1. The molecule has 0 radical (unpaired) electrons. The standard InChI is InChI=1S/C19H25N3O2S/c1-4-24-12-8-11-21-17(23)13-25-19(21)18-14(2)20-22(15(18)3)16-9-6-5-7-10-16/h5-7,9-10,19H,4,8,11-13H2,1-3H3. The maximum absolute atomic E-state index is 12.4. The highest BCUT2D eigenvalue weighted by atomic mass is 32.2. The van der Waals surface area contributed by atoms with Gasteiger partial charge >= 0.3 is 0 Å². The van der Waals surface area contributed by atoms with E-state index in [0.717, 1.165) is 35.6 Å². The summed E-state index contributed by atoms with van der Waals surface area (Å²) in [6, 6.07) is 10.1. The van der Waals surface area contributed by atoms with Gasteiger partial charge in [-0.05, 0) is 39.3 Å². The third kappa shape index (κ3) is 3.75. The van der Waals surface area contributed by atoms with Crippen LogP contribution in [0, 0.1) is 13.8 Å². The molecule has 0 spiro atoms. The molecule has 134 valence electrons. The molecule has 1 aromatic carbocycles. The van der Waals surface area contributed by atoms with Crippen LogP contribution in [0.3, 0.4) is 0 Å². The lowest BCUT2D eigenvalue weighted by molar-refractivity contribution is -0.128. The summed E-state index contributed by atoms with van der Waals surface area (Å²) in [6.45, 7) is 8.25. The molecule has 1 aromatic heterocycles. The molecule has 2 heterocycles. The van der Waals surface area contributed by atoms with Crippen molar-refractivity contribution in [3.05, 3.63) is 47.3 Å². The Kier molecular flexibility index (Phi) is 5.81. The van der Waals surface area contributed by atoms with E-state index in [0.29, 0.717) is 19.0 Å². The van der Waals surface area contributed by atoms with Crippen molar-refractivity contribution in [1.82, 2.24) is 14.7 Å². The summed E-state index contributed by atoms with van der Waals surface area (Å²) in [5, 5.41) is 4.78. The normalized spacial score (nSPS) is 17.5. The van der Waals surface area contributed by atoms with Crippen LogP contribution in [0.1, 0.15) is 35.7 Å². The Morgan fingerprint density at radius 1 is 1.28 bits per heavy atom. The summed E-state index contributed by atoms with van der Waals surface area (Å²) in [6.07, 6.45) is 0.863. The van der Waals surface area contributed by atoms with Crippen molar-refractivity contribution < 1.29 is 9.53 Å². The van der Waals surface area contributed by atoms with Gasteiger partial charge in [0.25, 0.3) is 0 Å². The molecule has 5 nitrogen and oxygen atoms in total. The van der Waals surface area contributed by atoms with Crippen LogP contribution in [-0.2, 0) is 9.53 Å². The lowest BCUT2D eigenvalue weighted by Gasteiger charge is -2.24. The van der Waals surface area contributed by atoms with E-state index in [-0.39, 0.29) is 11.3 Å². The maximum Gasteiger partial charge on any atom is 0.233 e. The Morgan fingerprint density at radius 2 is 2.04 bits per heavy atom. The van der Waals surface area contributed by atoms with Gasteiger partial charge in [0.1, 0.15) is 5.37 Å². The van der Waals surface area contributed by atoms with Crippen molar-refractivity contribution in [3.8, 4) is 5.69 Å². The molecule has 0 saturated carbocycles. The number of hydrogen-bond donors (Lipinski definition) is 0. The summed E-state index contributed by atoms with van der Waals surface area (Å²) < 4.78 is 7.40. The molecule has 25 heavy (non-hydrogen) atoms. The summed E-state index contributed by atoms with van der Waals surface area (Å²) in [7, 11) is 0. The molecule has 0 aliphatic carbocycles. The molecule has 1 fully saturated rings. The lowest BCUT2D eigenvalue weighted by atomic mass is 10.1. The molecular formula is C19H25N3O2S. The van der Waals surface area contributed by atoms with Gasteiger partial charge in [-0.2, -0.15) is 5.10 Å². The number of ether oxygens (including phenoxy) is 1. The van der Waals surface area contributed by atoms with Gasteiger partial charge in [0, 0.05) is 31.0 Å². The number of aryl methyl sites for hydroxylation is 1. The number of hydrogen-bond acceptors (Lipinski definition) is 4. The summed E-state index contributed by atoms with van der Waals surface area (Å²) in [5.74, 6) is 0.743. The Morgan fingerprint density at radius 3 is 2.76 bits per heavy atom. The second-order valence-corrected chi connectivity index (χ2v) is 7.20. The molecule has 2 aromatic rings. The predicted octanol–water partition coefficient (Wildman–Crippen LogP) is 3.49. The first-order chi connectivity index (χ1) is 12.1. The van der Waals surface area contributed by atoms with E-state index in [1.54, 1.807) is 11.8 Å². The van der Waals surface area contributed by atoms with Crippen molar-refractivity contribution in [2.75, 3.05) is 25.5 Å². The van der Waals surface area contributed by atoms with Gasteiger partial charge in [0.05, 0.1) is 17.1 Å². The van der Waals surface area contributed by atoms with Gasteiger partial charge < -0.3 is 9.64 Å². The van der Waals surface area contributed by atoms with Crippen molar-refractivity contribution in [2.24, 2.45) is 0 Å². The zero-order valence-corrected chi connectivity index (χ0v) is 15.9. The highest BCUT2D eigenvalue weighted by Gasteiger charge is 2.35. The topological polar surface area (TPSA) is 47.4 Å². The second-order valence-electron chi connectivity index (χ2n) is 6.13. The molecule has 6 heteroatoms. The first kappa shape index (κ1) is 18.0. The minimum atomic E-state index is 0.0478. The lowest BCUT2D eigenvalue weighted by Crippen LogP contribution is -2.30. The van der Waals surface area contributed by atoms with Crippen LogP contribution in [0.15, 0.2) is 30.3 Å². The van der Waals surface area contributed by atoms with E-state index in [9.17, 15) is 4.79 Å². The van der Waals surface area contributed by atoms with Crippen LogP contribution >= 0.6 is 11.8 Å². The average Bonchev–Trinajstić information content (AvgIpc) is 3.12. The fourth-order valence-electron chi connectivity index (χ4n) is 3.25. The fourth-order valence-corrected chi connectivity index (χ4v) is 4.63. The van der Waals surface area contributed by atoms with Crippen molar-refractivity contribution in [2.45, 2.75) is 32.6 Å². The van der Waals surface area contributed by atoms with E-state index in [1.807, 2.05) is 41.6 Å². The van der Waals surface area contributed by atoms with Crippen LogP contribution in [0.2, 0.25) is 0 Å². The number of benzene rings is 1. The number of rotatable bonds is 7. The van der Waals surface area contributed by atoms with Gasteiger partial charge in [0.15, 0.2) is 0 Å². The molecule has 3 rings (SSSR count). The highest BCUT2D eigenvalue weighted by molar-refractivity contribution is 8.00. The van der Waals surface area contributed by atoms with Gasteiger partial charge in [-0.1, -0.05) is 18.2 Å². The molecule has 1 unspecified atom stereocenters. The number of carbonyl (C=O) groups excluding carboxylic acids is 1. The Balaban J connectivity index is 1.85. The number of nitrogens with zero attached hydrogens (tertiary/aromatic N) is 3. The van der Waals surface area contributed by atoms with E-state index < -0.39 is 0 Å². The molecule has 1 atom stereocenters. The van der Waals surface area contributed by atoms with Crippen LogP contribution in [0.25, 0.3) is 5.69 Å². The largest absolute Gasteiger partial charge is 0.382 e. The molecular weight excluding hydrogens is 334 g/mol. The smallest absolute Gasteiger partial charge is 0.233 e. The zero-order valence-electron chi connectivity index (χ0n) is 15.1. The van der Waals surface area contributed by atoms with Crippen LogP contribution < -0.4 is 0 Å². The summed E-state index contributed by atoms with van der Waals surface area (Å²) >= 11 is 1.69. The Hall–Kier alpha value is -1.79. The van der Waals surface area contributed by atoms with Gasteiger partial charge in [0.2, 0.25) is 5.91 Å². The molecule has 0 N–H and O–H groups in total. The van der Waals surface area contributed by atoms with Gasteiger partial charge in [-0.15, -0.1) is 11.8 Å². The fraction of sp³-hybridized carbons (Fsp3) is 0.474.